The van der Waals surface area contributed by atoms with Crippen molar-refractivity contribution in [3.05, 3.63) is 68.6 Å². The van der Waals surface area contributed by atoms with Crippen molar-refractivity contribution in [3.8, 4) is 0 Å². The van der Waals surface area contributed by atoms with Crippen LogP contribution in [-0.2, 0) is 20.7 Å². The predicted octanol–water partition coefficient (Wildman–Crippen LogP) is 3.67. The van der Waals surface area contributed by atoms with Crippen LogP contribution in [0.15, 0.2) is 47.4 Å². The molecule has 10 nitrogen and oxygen atoms in total. The topological polar surface area (TPSA) is 122 Å². The summed E-state index contributed by atoms with van der Waals surface area (Å²) in [6.07, 6.45) is 2.35. The fourth-order valence-electron chi connectivity index (χ4n) is 3.81. The van der Waals surface area contributed by atoms with E-state index >= 15 is 0 Å². The molecule has 2 heterocycles. The maximum atomic E-state index is 13.0. The lowest BCUT2D eigenvalue weighted by Crippen LogP contribution is -2.36. The highest BCUT2D eigenvalue weighted by atomic mass is 32.2. The van der Waals surface area contributed by atoms with E-state index in [1.807, 2.05) is 24.0 Å². The summed E-state index contributed by atoms with van der Waals surface area (Å²) in [6.45, 7) is 3.83. The highest BCUT2D eigenvalue weighted by molar-refractivity contribution is 8.18. The third-order valence-electron chi connectivity index (χ3n) is 5.68. The standard InChI is InChI=1S/C24H24N4O6S/c1-2-16-3-5-18(6-4-16)25-22(29)15-27-23(30)21(35-24(27)31)14-17-13-19(28(32)33)7-8-20(17)26-9-11-34-12-10-26/h3-8,13-14H,2,9-12,15H2,1H3,(H,25,29)/b21-14-. The highest BCUT2D eigenvalue weighted by Crippen LogP contribution is 2.35. The third kappa shape index (κ3) is 5.69. The number of morpholine rings is 1. The first-order valence-corrected chi connectivity index (χ1v) is 11.9. The van der Waals surface area contributed by atoms with E-state index in [0.717, 1.165) is 16.9 Å². The summed E-state index contributed by atoms with van der Waals surface area (Å²) >= 11 is 0.705. The molecule has 2 aliphatic heterocycles. The zero-order chi connectivity index (χ0) is 24.9. The fraction of sp³-hybridized carbons (Fsp3) is 0.292. The lowest BCUT2D eigenvalue weighted by atomic mass is 10.1. The minimum Gasteiger partial charge on any atom is -0.378 e. The Kier molecular flexibility index (Phi) is 7.47. The molecular weight excluding hydrogens is 472 g/mol. The number of carbonyl (C=O) groups is 3. The van der Waals surface area contributed by atoms with E-state index < -0.39 is 28.5 Å². The number of amides is 3. The molecule has 2 fully saturated rings. The molecule has 0 aliphatic carbocycles. The molecule has 0 spiro atoms. The smallest absolute Gasteiger partial charge is 0.294 e. The molecule has 11 heteroatoms. The van der Waals surface area contributed by atoms with E-state index in [4.69, 9.17) is 4.74 Å². The van der Waals surface area contributed by atoms with Gasteiger partial charge in [-0.3, -0.25) is 29.4 Å². The van der Waals surface area contributed by atoms with E-state index in [2.05, 4.69) is 5.32 Å². The molecule has 1 N–H and O–H groups in total. The summed E-state index contributed by atoms with van der Waals surface area (Å²) in [6, 6.07) is 11.7. The van der Waals surface area contributed by atoms with Gasteiger partial charge in [0, 0.05) is 42.2 Å². The average molecular weight is 497 g/mol. The Labute approximate surface area is 206 Å². The molecular formula is C24H24N4O6S. The summed E-state index contributed by atoms with van der Waals surface area (Å²) in [5, 5.41) is 13.4. The number of nitro groups is 1. The Morgan fingerprint density at radius 2 is 1.89 bits per heavy atom. The number of carbonyl (C=O) groups excluding carboxylic acids is 3. The van der Waals surface area contributed by atoms with Crippen LogP contribution in [0.4, 0.5) is 21.9 Å². The molecule has 2 aliphatic rings. The van der Waals surface area contributed by atoms with E-state index in [0.29, 0.717) is 55.0 Å². The number of imide groups is 1. The van der Waals surface area contributed by atoms with Crippen molar-refractivity contribution in [2.45, 2.75) is 13.3 Å². The number of nitrogens with one attached hydrogen (secondary N) is 1. The minimum absolute atomic E-state index is 0.102. The predicted molar refractivity (Wildman–Crippen MR) is 133 cm³/mol. The van der Waals surface area contributed by atoms with Gasteiger partial charge < -0.3 is 15.0 Å². The molecule has 0 aromatic heterocycles. The number of hydrogen-bond acceptors (Lipinski definition) is 8. The van der Waals surface area contributed by atoms with Crippen LogP contribution < -0.4 is 10.2 Å². The van der Waals surface area contributed by atoms with Crippen molar-refractivity contribution < 1.29 is 24.0 Å². The lowest BCUT2D eigenvalue weighted by molar-refractivity contribution is -0.384. The number of ether oxygens (including phenoxy) is 1. The second kappa shape index (κ2) is 10.7. The van der Waals surface area contributed by atoms with Gasteiger partial charge in [-0.05, 0) is 48.0 Å². The molecule has 0 saturated carbocycles. The number of nitro benzene ring substituents is 1. The van der Waals surface area contributed by atoms with Gasteiger partial charge in [-0.15, -0.1) is 0 Å². The molecule has 3 amide bonds. The van der Waals surface area contributed by atoms with Crippen molar-refractivity contribution >= 4 is 52.0 Å². The van der Waals surface area contributed by atoms with Crippen molar-refractivity contribution in [1.29, 1.82) is 0 Å². The number of non-ortho nitro benzene ring substituents is 1. The minimum atomic E-state index is -0.615. The monoisotopic (exact) mass is 496 g/mol. The molecule has 2 aromatic rings. The summed E-state index contributed by atoms with van der Waals surface area (Å²) in [4.78, 5) is 51.8. The number of nitrogens with zero attached hydrogens (tertiary/aromatic N) is 3. The summed E-state index contributed by atoms with van der Waals surface area (Å²) in [7, 11) is 0. The summed E-state index contributed by atoms with van der Waals surface area (Å²) < 4.78 is 5.38. The quantitative estimate of drug-likeness (QED) is 0.350. The first-order chi connectivity index (χ1) is 16.9. The Morgan fingerprint density at radius 3 is 2.54 bits per heavy atom. The van der Waals surface area contributed by atoms with E-state index in [-0.39, 0.29) is 10.6 Å². The first-order valence-electron chi connectivity index (χ1n) is 11.1. The number of hydrogen-bond donors (Lipinski definition) is 1. The Morgan fingerprint density at radius 1 is 1.17 bits per heavy atom. The van der Waals surface area contributed by atoms with Crippen LogP contribution in [0.2, 0.25) is 0 Å². The first kappa shape index (κ1) is 24.4. The summed E-state index contributed by atoms with van der Waals surface area (Å²) in [5.41, 5.74) is 2.73. The average Bonchev–Trinajstić information content (AvgIpc) is 3.12. The number of rotatable bonds is 7. The van der Waals surface area contributed by atoms with Crippen molar-refractivity contribution in [2.75, 3.05) is 43.1 Å². The molecule has 35 heavy (non-hydrogen) atoms. The van der Waals surface area contributed by atoms with Gasteiger partial charge in [-0.25, -0.2) is 0 Å². The second-order valence-corrected chi connectivity index (χ2v) is 8.96. The zero-order valence-electron chi connectivity index (χ0n) is 19.1. The maximum absolute atomic E-state index is 13.0. The van der Waals surface area contributed by atoms with Crippen LogP contribution in [0.5, 0.6) is 0 Å². The molecule has 4 rings (SSSR count). The Bertz CT molecular complexity index is 1190. The molecule has 0 radical (unpaired) electrons. The Hall–Kier alpha value is -3.70. The largest absolute Gasteiger partial charge is 0.378 e. The molecule has 2 aromatic carbocycles. The van der Waals surface area contributed by atoms with Gasteiger partial charge in [0.2, 0.25) is 5.91 Å². The molecule has 0 atom stereocenters. The van der Waals surface area contributed by atoms with Crippen LogP contribution in [0.3, 0.4) is 0 Å². The van der Waals surface area contributed by atoms with Crippen molar-refractivity contribution in [3.63, 3.8) is 0 Å². The van der Waals surface area contributed by atoms with Gasteiger partial charge in [0.15, 0.2) is 0 Å². The summed E-state index contributed by atoms with van der Waals surface area (Å²) in [5.74, 6) is -1.11. The zero-order valence-corrected chi connectivity index (χ0v) is 19.9. The highest BCUT2D eigenvalue weighted by Gasteiger charge is 2.36. The Balaban J connectivity index is 1.53. The SMILES string of the molecule is CCc1ccc(NC(=O)CN2C(=O)S/C(=C\c3cc([N+](=O)[O-])ccc3N3CCOCC3)C2=O)cc1. The third-order valence-corrected chi connectivity index (χ3v) is 6.59. The van der Waals surface area contributed by atoms with Gasteiger partial charge in [-0.2, -0.15) is 0 Å². The second-order valence-electron chi connectivity index (χ2n) is 7.97. The molecule has 0 unspecified atom stereocenters. The van der Waals surface area contributed by atoms with Gasteiger partial charge in [0.05, 0.1) is 23.0 Å². The van der Waals surface area contributed by atoms with E-state index in [1.165, 1.54) is 18.2 Å². The maximum Gasteiger partial charge on any atom is 0.294 e. The number of benzene rings is 2. The van der Waals surface area contributed by atoms with Gasteiger partial charge >= 0.3 is 0 Å². The molecule has 0 bridgehead atoms. The van der Waals surface area contributed by atoms with Crippen LogP contribution >= 0.6 is 11.8 Å². The van der Waals surface area contributed by atoms with Crippen LogP contribution in [-0.4, -0.2) is 59.7 Å². The van der Waals surface area contributed by atoms with Gasteiger partial charge in [0.25, 0.3) is 16.8 Å². The van der Waals surface area contributed by atoms with Gasteiger partial charge in [-0.1, -0.05) is 19.1 Å². The number of anilines is 2. The lowest BCUT2D eigenvalue weighted by Gasteiger charge is -2.30. The number of aryl methyl sites for hydroxylation is 1. The fourth-order valence-corrected chi connectivity index (χ4v) is 4.64. The van der Waals surface area contributed by atoms with Crippen molar-refractivity contribution in [2.24, 2.45) is 0 Å². The van der Waals surface area contributed by atoms with Crippen LogP contribution in [0, 0.1) is 10.1 Å². The van der Waals surface area contributed by atoms with E-state index in [1.54, 1.807) is 18.2 Å². The van der Waals surface area contributed by atoms with Gasteiger partial charge in [0.1, 0.15) is 6.54 Å². The number of thioether (sulfide) groups is 1. The van der Waals surface area contributed by atoms with Crippen LogP contribution in [0.1, 0.15) is 18.1 Å². The van der Waals surface area contributed by atoms with E-state index in [9.17, 15) is 24.5 Å². The molecule has 182 valence electrons. The van der Waals surface area contributed by atoms with Crippen molar-refractivity contribution in [1.82, 2.24) is 4.90 Å². The van der Waals surface area contributed by atoms with Crippen LogP contribution in [0.25, 0.3) is 6.08 Å². The molecule has 2 saturated heterocycles. The normalized spacial score (nSPS) is 17.2.